The van der Waals surface area contributed by atoms with Crippen LogP contribution in [0.1, 0.15) is 40.7 Å². The fourth-order valence-electron chi connectivity index (χ4n) is 4.75. The van der Waals surface area contributed by atoms with Crippen LogP contribution in [0.5, 0.6) is 0 Å². The largest absolute Gasteiger partial charge is 0.342 e. The molecule has 2 heterocycles. The van der Waals surface area contributed by atoms with Crippen molar-refractivity contribution < 1.29 is 9.59 Å². The van der Waals surface area contributed by atoms with E-state index in [-0.39, 0.29) is 17.6 Å². The van der Waals surface area contributed by atoms with Gasteiger partial charge in [0.2, 0.25) is 5.91 Å². The van der Waals surface area contributed by atoms with Crippen molar-refractivity contribution in [2.45, 2.75) is 38.6 Å². The maximum atomic E-state index is 13.4. The summed E-state index contributed by atoms with van der Waals surface area (Å²) in [6.45, 7) is 1.66. The average Bonchev–Trinajstić information content (AvgIpc) is 3.43. The molecule has 1 fully saturated rings. The molecule has 2 aromatic carbocycles. The van der Waals surface area contributed by atoms with E-state index in [0.717, 1.165) is 36.6 Å². The van der Waals surface area contributed by atoms with Gasteiger partial charge in [0.05, 0.1) is 6.54 Å². The Kier molecular flexibility index (Phi) is 4.58. The minimum Gasteiger partial charge on any atom is -0.342 e. The SMILES string of the molecule is O=C(c1ccc2c3c(cccc13)CC2)[C@@H]1CCCN(C(=O)CCn2cnnn2)C1. The number of carbonyl (C=O) groups is 2. The Balaban J connectivity index is 1.33. The van der Waals surface area contributed by atoms with Crippen LogP contribution in [-0.4, -0.2) is 49.9 Å². The van der Waals surface area contributed by atoms with Gasteiger partial charge in [-0.1, -0.05) is 30.3 Å². The summed E-state index contributed by atoms with van der Waals surface area (Å²) in [5.41, 5.74) is 3.49. The van der Waals surface area contributed by atoms with Crippen molar-refractivity contribution >= 4 is 22.5 Å². The van der Waals surface area contributed by atoms with Crippen LogP contribution in [0.15, 0.2) is 36.7 Å². The summed E-state index contributed by atoms with van der Waals surface area (Å²) in [5.74, 6) is 0.0798. The van der Waals surface area contributed by atoms with E-state index >= 15 is 0 Å². The first kappa shape index (κ1) is 18.0. The normalized spacial score (nSPS) is 18.3. The first-order chi connectivity index (χ1) is 14.2. The number of hydrogen-bond donors (Lipinski definition) is 0. The molecule has 0 unspecified atom stereocenters. The number of amides is 1. The molecule has 148 valence electrons. The molecule has 5 rings (SSSR count). The lowest BCUT2D eigenvalue weighted by Gasteiger charge is -2.32. The summed E-state index contributed by atoms with van der Waals surface area (Å²) in [6, 6.07) is 10.4. The van der Waals surface area contributed by atoms with E-state index in [1.807, 2.05) is 11.0 Å². The second kappa shape index (κ2) is 7.39. The standard InChI is InChI=1S/C22H23N5O2/c28-20(10-12-27-14-23-24-25-27)26-11-2-4-17(13-26)22(29)19-9-8-16-7-6-15-3-1-5-18(19)21(15)16/h1,3,5,8-9,14,17H,2,4,6-7,10-13H2/t17-/m1/s1. The molecular weight excluding hydrogens is 366 g/mol. The number of piperidine rings is 1. The highest BCUT2D eigenvalue weighted by atomic mass is 16.2. The summed E-state index contributed by atoms with van der Waals surface area (Å²) in [7, 11) is 0. The minimum absolute atomic E-state index is 0.0541. The van der Waals surface area contributed by atoms with Crippen molar-refractivity contribution in [3.8, 4) is 0 Å². The molecular formula is C22H23N5O2. The highest BCUT2D eigenvalue weighted by Gasteiger charge is 2.30. The molecule has 0 saturated carbocycles. The molecule has 0 bridgehead atoms. The van der Waals surface area contributed by atoms with E-state index in [1.54, 1.807) is 4.68 Å². The van der Waals surface area contributed by atoms with Crippen molar-refractivity contribution in [2.24, 2.45) is 5.92 Å². The monoisotopic (exact) mass is 389 g/mol. The van der Waals surface area contributed by atoms with Gasteiger partial charge in [-0.15, -0.1) is 5.10 Å². The molecule has 7 heteroatoms. The van der Waals surface area contributed by atoms with Crippen LogP contribution in [-0.2, 0) is 24.2 Å². The summed E-state index contributed by atoms with van der Waals surface area (Å²) in [6.07, 6.45) is 5.64. The first-order valence-electron chi connectivity index (χ1n) is 10.3. The lowest BCUT2D eigenvalue weighted by Crippen LogP contribution is -2.42. The Morgan fingerprint density at radius 1 is 1.10 bits per heavy atom. The Bertz CT molecular complexity index is 1070. The van der Waals surface area contributed by atoms with Crippen molar-refractivity contribution in [3.63, 3.8) is 0 Å². The van der Waals surface area contributed by atoms with Crippen molar-refractivity contribution in [3.05, 3.63) is 53.3 Å². The summed E-state index contributed by atoms with van der Waals surface area (Å²) < 4.78 is 1.55. The highest BCUT2D eigenvalue weighted by molar-refractivity contribution is 6.11. The predicted octanol–water partition coefficient (Wildman–Crippen LogP) is 2.44. The number of likely N-dealkylation sites (tertiary alicyclic amines) is 1. The number of ketones is 1. The summed E-state index contributed by atoms with van der Waals surface area (Å²) in [4.78, 5) is 27.9. The second-order valence-electron chi connectivity index (χ2n) is 7.98. The maximum absolute atomic E-state index is 13.4. The Labute approximate surface area is 168 Å². The zero-order chi connectivity index (χ0) is 19.8. The van der Waals surface area contributed by atoms with Gasteiger partial charge in [0.15, 0.2) is 5.78 Å². The number of aryl methyl sites for hydroxylation is 3. The second-order valence-corrected chi connectivity index (χ2v) is 7.98. The zero-order valence-electron chi connectivity index (χ0n) is 16.3. The minimum atomic E-state index is -0.140. The number of benzene rings is 2. The molecule has 0 spiro atoms. The lowest BCUT2D eigenvalue weighted by atomic mass is 9.87. The van der Waals surface area contributed by atoms with E-state index in [4.69, 9.17) is 0 Å². The van der Waals surface area contributed by atoms with E-state index in [9.17, 15) is 9.59 Å². The third-order valence-electron chi connectivity index (χ3n) is 6.23. The molecule has 1 aliphatic carbocycles. The topological polar surface area (TPSA) is 81.0 Å². The van der Waals surface area contributed by atoms with Gasteiger partial charge in [-0.3, -0.25) is 9.59 Å². The number of carbonyl (C=O) groups excluding carboxylic acids is 2. The van der Waals surface area contributed by atoms with E-state index in [0.29, 0.717) is 26.1 Å². The number of tetrazole rings is 1. The van der Waals surface area contributed by atoms with Gasteiger partial charge in [0, 0.05) is 31.0 Å². The number of hydrogen-bond acceptors (Lipinski definition) is 5. The Morgan fingerprint density at radius 2 is 1.97 bits per heavy atom. The molecule has 3 aromatic rings. The van der Waals surface area contributed by atoms with Crippen LogP contribution in [0.3, 0.4) is 0 Å². The fourth-order valence-corrected chi connectivity index (χ4v) is 4.75. The fraction of sp³-hybridized carbons (Fsp3) is 0.409. The van der Waals surface area contributed by atoms with Crippen LogP contribution in [0.2, 0.25) is 0 Å². The van der Waals surface area contributed by atoms with E-state index in [1.165, 1.54) is 22.8 Å². The van der Waals surface area contributed by atoms with Crippen LogP contribution in [0.4, 0.5) is 0 Å². The Hall–Kier alpha value is -3.09. The van der Waals surface area contributed by atoms with Gasteiger partial charge in [-0.25, -0.2) is 4.68 Å². The van der Waals surface area contributed by atoms with Gasteiger partial charge in [-0.2, -0.15) is 0 Å². The Morgan fingerprint density at radius 3 is 2.79 bits per heavy atom. The van der Waals surface area contributed by atoms with Gasteiger partial charge in [-0.05, 0) is 58.0 Å². The van der Waals surface area contributed by atoms with E-state index in [2.05, 4.69) is 39.8 Å². The van der Waals surface area contributed by atoms with Crippen LogP contribution in [0.25, 0.3) is 10.8 Å². The molecule has 29 heavy (non-hydrogen) atoms. The summed E-state index contributed by atoms with van der Waals surface area (Å²) in [5, 5.41) is 13.3. The number of Topliss-reactive ketones (excluding diaryl/α,β-unsaturated/α-hetero) is 1. The number of aromatic nitrogens is 4. The third kappa shape index (κ3) is 3.30. The molecule has 1 atom stereocenters. The van der Waals surface area contributed by atoms with Crippen LogP contribution in [0, 0.1) is 5.92 Å². The van der Waals surface area contributed by atoms with Crippen molar-refractivity contribution in [1.29, 1.82) is 0 Å². The lowest BCUT2D eigenvalue weighted by molar-refractivity contribution is -0.132. The molecule has 0 radical (unpaired) electrons. The zero-order valence-corrected chi connectivity index (χ0v) is 16.3. The van der Waals surface area contributed by atoms with Crippen LogP contribution < -0.4 is 0 Å². The molecule has 7 nitrogen and oxygen atoms in total. The summed E-state index contributed by atoms with van der Waals surface area (Å²) >= 11 is 0. The van der Waals surface area contributed by atoms with Gasteiger partial charge in [0.25, 0.3) is 0 Å². The quantitative estimate of drug-likeness (QED) is 0.626. The molecule has 2 aliphatic rings. The molecule has 1 amide bonds. The van der Waals surface area contributed by atoms with E-state index < -0.39 is 0 Å². The molecule has 1 saturated heterocycles. The van der Waals surface area contributed by atoms with Crippen LogP contribution >= 0.6 is 0 Å². The third-order valence-corrected chi connectivity index (χ3v) is 6.23. The number of rotatable bonds is 5. The van der Waals surface area contributed by atoms with Crippen molar-refractivity contribution in [2.75, 3.05) is 13.1 Å². The van der Waals surface area contributed by atoms with Gasteiger partial charge in [0.1, 0.15) is 6.33 Å². The molecule has 1 aliphatic heterocycles. The molecule has 0 N–H and O–H groups in total. The van der Waals surface area contributed by atoms with Gasteiger partial charge < -0.3 is 4.90 Å². The maximum Gasteiger partial charge on any atom is 0.224 e. The predicted molar refractivity (Wildman–Crippen MR) is 107 cm³/mol. The molecule has 1 aromatic heterocycles. The highest BCUT2D eigenvalue weighted by Crippen LogP contribution is 2.34. The van der Waals surface area contributed by atoms with Crippen molar-refractivity contribution in [1.82, 2.24) is 25.1 Å². The number of nitrogens with zero attached hydrogens (tertiary/aromatic N) is 5. The first-order valence-corrected chi connectivity index (χ1v) is 10.3. The smallest absolute Gasteiger partial charge is 0.224 e. The van der Waals surface area contributed by atoms with Gasteiger partial charge >= 0.3 is 0 Å². The average molecular weight is 389 g/mol.